The number of hydrogen-bond donors (Lipinski definition) is 0. The normalized spacial score (nSPS) is 12.3. The van der Waals surface area contributed by atoms with Gasteiger partial charge in [-0.15, -0.1) is 22.7 Å². The molecule has 11 rings (SSSR count). The van der Waals surface area contributed by atoms with Gasteiger partial charge in [-0.05, 0) is 54.6 Å². The minimum Gasteiger partial charge on any atom is -0.452 e. The molecular formula is C40H21N3OS2. The van der Waals surface area contributed by atoms with Gasteiger partial charge in [-0.3, -0.25) is 4.57 Å². The molecule has 46 heavy (non-hydrogen) atoms. The fraction of sp³-hybridized carbons (Fsp3) is 0. The lowest BCUT2D eigenvalue weighted by Gasteiger charge is -2.10. The minimum absolute atomic E-state index is 0.635. The first-order valence-electron chi connectivity index (χ1n) is 15.2. The summed E-state index contributed by atoms with van der Waals surface area (Å²) in [6.07, 6.45) is 0. The average molecular weight is 624 g/mol. The molecule has 6 aromatic carbocycles. The van der Waals surface area contributed by atoms with Crippen LogP contribution in [0.5, 0.6) is 0 Å². The number of hydrogen-bond acceptors (Lipinski definition) is 5. The summed E-state index contributed by atoms with van der Waals surface area (Å²) in [5, 5.41) is 8.42. The van der Waals surface area contributed by atoms with Crippen LogP contribution in [0.25, 0.3) is 101 Å². The smallest absolute Gasteiger partial charge is 0.236 e. The van der Waals surface area contributed by atoms with Gasteiger partial charge in [0.2, 0.25) is 5.95 Å². The van der Waals surface area contributed by atoms with Crippen molar-refractivity contribution in [2.45, 2.75) is 0 Å². The number of aromatic nitrogens is 3. The first-order valence-corrected chi connectivity index (χ1v) is 16.9. The van der Waals surface area contributed by atoms with Gasteiger partial charge in [0.1, 0.15) is 16.8 Å². The Kier molecular flexibility index (Phi) is 4.84. The highest BCUT2D eigenvalue weighted by atomic mass is 32.1. The van der Waals surface area contributed by atoms with Gasteiger partial charge >= 0.3 is 0 Å². The summed E-state index contributed by atoms with van der Waals surface area (Å²) in [4.78, 5) is 10.6. The van der Waals surface area contributed by atoms with Gasteiger partial charge in [0, 0.05) is 62.1 Å². The van der Waals surface area contributed by atoms with Crippen LogP contribution in [0.4, 0.5) is 0 Å². The minimum atomic E-state index is 0.635. The maximum atomic E-state index is 6.53. The van der Waals surface area contributed by atoms with E-state index in [-0.39, 0.29) is 0 Å². The summed E-state index contributed by atoms with van der Waals surface area (Å²) < 4.78 is 13.8. The second-order valence-electron chi connectivity index (χ2n) is 11.8. The Morgan fingerprint density at radius 1 is 0.478 bits per heavy atom. The molecule has 0 aliphatic heterocycles. The summed E-state index contributed by atoms with van der Waals surface area (Å²) >= 11 is 3.65. The van der Waals surface area contributed by atoms with E-state index >= 15 is 0 Å². The molecule has 0 bridgehead atoms. The van der Waals surface area contributed by atoms with E-state index in [2.05, 4.69) is 114 Å². The molecule has 5 heterocycles. The van der Waals surface area contributed by atoms with Gasteiger partial charge in [-0.25, -0.2) is 9.97 Å². The molecule has 0 saturated carbocycles. The third-order valence-electron chi connectivity index (χ3n) is 9.23. The number of fused-ring (bicyclic) bond motifs is 12. The Morgan fingerprint density at radius 3 is 1.96 bits per heavy atom. The molecule has 0 aliphatic rings. The van der Waals surface area contributed by atoms with Crippen molar-refractivity contribution in [1.29, 1.82) is 0 Å². The molecular weight excluding hydrogens is 603 g/mol. The van der Waals surface area contributed by atoms with Crippen LogP contribution in [0.2, 0.25) is 0 Å². The molecule has 4 nitrogen and oxygen atoms in total. The Labute approximate surface area is 269 Å². The van der Waals surface area contributed by atoms with E-state index in [1.165, 1.54) is 51.1 Å². The van der Waals surface area contributed by atoms with Gasteiger partial charge < -0.3 is 4.42 Å². The molecule has 0 amide bonds. The number of benzene rings is 6. The monoisotopic (exact) mass is 623 g/mol. The Bertz CT molecular complexity index is 3050. The lowest BCUT2D eigenvalue weighted by Crippen LogP contribution is -2.02. The van der Waals surface area contributed by atoms with E-state index in [0.717, 1.165) is 38.8 Å². The predicted molar refractivity (Wildman–Crippen MR) is 195 cm³/mol. The number of thiophene rings is 2. The van der Waals surface area contributed by atoms with Crippen LogP contribution in [0.1, 0.15) is 0 Å². The summed E-state index contributed by atoms with van der Waals surface area (Å²) in [6, 6.07) is 45.3. The number of nitrogens with zero attached hydrogens (tertiary/aromatic N) is 3. The van der Waals surface area contributed by atoms with Crippen LogP contribution in [0, 0.1) is 0 Å². The first kappa shape index (κ1) is 24.7. The van der Waals surface area contributed by atoms with Crippen LogP contribution >= 0.6 is 22.7 Å². The van der Waals surface area contributed by atoms with Crippen molar-refractivity contribution in [2.24, 2.45) is 0 Å². The van der Waals surface area contributed by atoms with E-state index in [0.29, 0.717) is 11.5 Å². The average Bonchev–Trinajstić information content (AvgIpc) is 3.85. The summed E-state index contributed by atoms with van der Waals surface area (Å²) in [5.74, 6) is 0.635. The highest BCUT2D eigenvalue weighted by Gasteiger charge is 2.22. The van der Waals surface area contributed by atoms with E-state index in [1.807, 2.05) is 40.9 Å². The summed E-state index contributed by atoms with van der Waals surface area (Å²) in [5.41, 5.74) is 6.31. The third-order valence-corrected chi connectivity index (χ3v) is 11.5. The van der Waals surface area contributed by atoms with Gasteiger partial charge in [0.05, 0.1) is 11.0 Å². The highest BCUT2D eigenvalue weighted by Crippen LogP contribution is 2.42. The Hall–Kier alpha value is -5.56. The maximum absolute atomic E-state index is 6.53. The lowest BCUT2D eigenvalue weighted by molar-refractivity contribution is 0.666. The van der Waals surface area contributed by atoms with Crippen molar-refractivity contribution < 1.29 is 4.42 Å². The summed E-state index contributed by atoms with van der Waals surface area (Å²) in [6.45, 7) is 0. The number of rotatable bonds is 2. The SMILES string of the molecule is c1ccc2c(c1)oc1c(-c3ccc4sc5ccccc5c4c3)nc(-n3c4ccccc4c4cc5c(cc43)sc3ccccc35)nc12. The molecule has 0 spiro atoms. The lowest BCUT2D eigenvalue weighted by atomic mass is 10.1. The van der Waals surface area contributed by atoms with E-state index in [1.54, 1.807) is 0 Å². The molecule has 11 aromatic rings. The molecule has 6 heteroatoms. The van der Waals surface area contributed by atoms with Crippen LogP contribution in [0.3, 0.4) is 0 Å². The Balaban J connectivity index is 1.26. The van der Waals surface area contributed by atoms with Crippen molar-refractivity contribution in [3.05, 3.63) is 127 Å². The molecule has 5 aromatic heterocycles. The fourth-order valence-electron chi connectivity index (χ4n) is 7.15. The molecule has 0 N–H and O–H groups in total. The van der Waals surface area contributed by atoms with Crippen LogP contribution in [-0.2, 0) is 0 Å². The largest absolute Gasteiger partial charge is 0.452 e. The van der Waals surface area contributed by atoms with E-state index < -0.39 is 0 Å². The molecule has 0 unspecified atom stereocenters. The van der Waals surface area contributed by atoms with E-state index in [9.17, 15) is 0 Å². The molecule has 0 fully saturated rings. The van der Waals surface area contributed by atoms with Crippen molar-refractivity contribution in [3.8, 4) is 17.2 Å². The second kappa shape index (κ2) is 9.01. The zero-order valence-corrected chi connectivity index (χ0v) is 25.8. The van der Waals surface area contributed by atoms with Gasteiger partial charge in [0.25, 0.3) is 0 Å². The highest BCUT2D eigenvalue weighted by molar-refractivity contribution is 7.26. The second-order valence-corrected chi connectivity index (χ2v) is 13.9. The first-order chi connectivity index (χ1) is 22.8. The van der Waals surface area contributed by atoms with Gasteiger partial charge in [-0.2, -0.15) is 0 Å². The van der Waals surface area contributed by atoms with Crippen molar-refractivity contribution >= 4 is 107 Å². The van der Waals surface area contributed by atoms with Gasteiger partial charge in [0.15, 0.2) is 5.58 Å². The molecule has 214 valence electrons. The van der Waals surface area contributed by atoms with Crippen LogP contribution in [-0.4, -0.2) is 14.5 Å². The maximum Gasteiger partial charge on any atom is 0.236 e. The van der Waals surface area contributed by atoms with Gasteiger partial charge in [-0.1, -0.05) is 72.8 Å². The predicted octanol–water partition coefficient (Wildman–Crippen LogP) is 11.9. The van der Waals surface area contributed by atoms with Crippen molar-refractivity contribution in [2.75, 3.05) is 0 Å². The molecule has 0 radical (unpaired) electrons. The Morgan fingerprint density at radius 2 is 1.13 bits per heavy atom. The van der Waals surface area contributed by atoms with Crippen molar-refractivity contribution in [3.63, 3.8) is 0 Å². The topological polar surface area (TPSA) is 43.9 Å². The molecule has 0 atom stereocenters. The van der Waals surface area contributed by atoms with Crippen molar-refractivity contribution in [1.82, 2.24) is 14.5 Å². The standard InChI is InChI=1S/C40H21N3OS2/c1-5-13-30-23(9-1)27-20-29-25-11-4-8-16-34(25)46-36(29)21-31(27)43(30)40-41-37(39-38(42-40)26-12-2-6-14-32(26)44-39)22-17-18-35-28(19-22)24-10-3-7-15-33(24)45-35/h1-21H. The van der Waals surface area contributed by atoms with E-state index in [4.69, 9.17) is 14.4 Å². The number of furan rings is 1. The molecule has 0 aliphatic carbocycles. The van der Waals surface area contributed by atoms with Crippen LogP contribution < -0.4 is 0 Å². The fourth-order valence-corrected chi connectivity index (χ4v) is 9.36. The summed E-state index contributed by atoms with van der Waals surface area (Å²) in [7, 11) is 0. The zero-order chi connectivity index (χ0) is 29.9. The number of para-hydroxylation sites is 2. The van der Waals surface area contributed by atoms with Crippen LogP contribution in [0.15, 0.2) is 132 Å². The molecule has 0 saturated heterocycles. The third kappa shape index (κ3) is 3.32. The quantitative estimate of drug-likeness (QED) is 0.192. The zero-order valence-electron chi connectivity index (χ0n) is 24.2.